The molecule has 30 heavy (non-hydrogen) atoms. The Morgan fingerprint density at radius 2 is 1.80 bits per heavy atom. The summed E-state index contributed by atoms with van der Waals surface area (Å²) in [4.78, 5) is 31.6. The van der Waals surface area contributed by atoms with E-state index in [1.54, 1.807) is 29.8 Å². The van der Waals surface area contributed by atoms with Crippen LogP contribution in [-0.2, 0) is 13.5 Å². The first-order valence-electron chi connectivity index (χ1n) is 9.56. The van der Waals surface area contributed by atoms with Crippen molar-refractivity contribution in [3.05, 3.63) is 86.9 Å². The Morgan fingerprint density at radius 3 is 2.53 bits per heavy atom. The third kappa shape index (κ3) is 2.53. The highest BCUT2D eigenvalue weighted by atomic mass is 19.1. The summed E-state index contributed by atoms with van der Waals surface area (Å²) >= 11 is 0. The lowest BCUT2D eigenvalue weighted by atomic mass is 10.1. The topological polar surface area (TPSA) is 77.1 Å². The van der Waals surface area contributed by atoms with Crippen molar-refractivity contribution in [3.63, 3.8) is 0 Å². The molecule has 5 rings (SSSR count). The van der Waals surface area contributed by atoms with Crippen molar-refractivity contribution in [2.45, 2.75) is 13.3 Å². The molecule has 0 aliphatic carbocycles. The van der Waals surface area contributed by atoms with Crippen molar-refractivity contribution in [1.82, 2.24) is 23.5 Å². The van der Waals surface area contributed by atoms with E-state index in [2.05, 4.69) is 16.9 Å². The first-order valence-corrected chi connectivity index (χ1v) is 9.56. The number of para-hydroxylation sites is 1. The highest BCUT2D eigenvalue weighted by Gasteiger charge is 2.21. The number of aromatic nitrogens is 5. The van der Waals surface area contributed by atoms with Crippen LogP contribution in [0.4, 0.5) is 4.39 Å². The zero-order valence-corrected chi connectivity index (χ0v) is 16.4. The average molecular weight is 403 g/mol. The van der Waals surface area contributed by atoms with E-state index in [-0.39, 0.29) is 11.3 Å². The Hall–Kier alpha value is -3.94. The van der Waals surface area contributed by atoms with Crippen LogP contribution in [0.2, 0.25) is 0 Å². The highest BCUT2D eigenvalue weighted by Crippen LogP contribution is 2.30. The Bertz CT molecular complexity index is 1540. The summed E-state index contributed by atoms with van der Waals surface area (Å²) in [6.07, 6.45) is 2.59. The SMILES string of the molecule is CCc1ccccc1-n1c(-c2ccc(F)cc2)cn2c3c(=O)[nH]c(=O)n(C)c3nc12. The fourth-order valence-electron chi connectivity index (χ4n) is 3.85. The molecule has 0 aliphatic rings. The number of benzene rings is 2. The van der Waals surface area contributed by atoms with Gasteiger partial charge < -0.3 is 0 Å². The van der Waals surface area contributed by atoms with Gasteiger partial charge in [0, 0.05) is 18.8 Å². The first kappa shape index (κ1) is 18.1. The lowest BCUT2D eigenvalue weighted by molar-refractivity contribution is 0.628. The molecule has 7 nitrogen and oxygen atoms in total. The Balaban J connectivity index is 1.97. The van der Waals surface area contributed by atoms with E-state index in [9.17, 15) is 14.0 Å². The number of halogens is 1. The van der Waals surface area contributed by atoms with Crippen molar-refractivity contribution in [1.29, 1.82) is 0 Å². The van der Waals surface area contributed by atoms with Crippen LogP contribution >= 0.6 is 0 Å². The molecular weight excluding hydrogens is 385 g/mol. The first-order chi connectivity index (χ1) is 14.5. The van der Waals surface area contributed by atoms with Gasteiger partial charge in [0.05, 0.1) is 11.4 Å². The maximum Gasteiger partial charge on any atom is 0.329 e. The number of H-pyrrole nitrogens is 1. The number of fused-ring (bicyclic) bond motifs is 3. The van der Waals surface area contributed by atoms with E-state index in [1.807, 2.05) is 28.8 Å². The van der Waals surface area contributed by atoms with Crippen LogP contribution in [-0.4, -0.2) is 23.5 Å². The van der Waals surface area contributed by atoms with Crippen LogP contribution in [0.1, 0.15) is 12.5 Å². The van der Waals surface area contributed by atoms with Gasteiger partial charge in [-0.1, -0.05) is 25.1 Å². The van der Waals surface area contributed by atoms with E-state index in [4.69, 9.17) is 0 Å². The lowest BCUT2D eigenvalue weighted by Gasteiger charge is -2.13. The van der Waals surface area contributed by atoms with Gasteiger partial charge in [0.25, 0.3) is 5.56 Å². The van der Waals surface area contributed by atoms with Crippen molar-refractivity contribution >= 4 is 16.9 Å². The molecule has 2 aromatic carbocycles. The van der Waals surface area contributed by atoms with Crippen molar-refractivity contribution in [3.8, 4) is 16.9 Å². The minimum atomic E-state index is -0.521. The summed E-state index contributed by atoms with van der Waals surface area (Å²) < 4.78 is 18.5. The van der Waals surface area contributed by atoms with Gasteiger partial charge in [0.2, 0.25) is 5.78 Å². The molecule has 0 aliphatic heterocycles. The van der Waals surface area contributed by atoms with Gasteiger partial charge >= 0.3 is 5.69 Å². The normalized spacial score (nSPS) is 11.6. The van der Waals surface area contributed by atoms with Gasteiger partial charge in [0.15, 0.2) is 11.2 Å². The van der Waals surface area contributed by atoms with Crippen molar-refractivity contribution < 1.29 is 4.39 Å². The molecule has 0 atom stereocenters. The average Bonchev–Trinajstić information content (AvgIpc) is 3.29. The minimum absolute atomic E-state index is 0.281. The predicted octanol–water partition coefficient (Wildman–Crippen LogP) is 3.03. The number of nitrogens with one attached hydrogen (secondary N) is 1. The number of rotatable bonds is 3. The van der Waals surface area contributed by atoms with Gasteiger partial charge in [-0.3, -0.25) is 23.3 Å². The molecule has 150 valence electrons. The van der Waals surface area contributed by atoms with Crippen LogP contribution in [0.15, 0.2) is 64.3 Å². The molecule has 1 N–H and O–H groups in total. The summed E-state index contributed by atoms with van der Waals surface area (Å²) in [5.41, 5.74) is 3.09. The Morgan fingerprint density at radius 1 is 1.07 bits per heavy atom. The minimum Gasteiger partial charge on any atom is -0.279 e. The smallest absolute Gasteiger partial charge is 0.279 e. The summed E-state index contributed by atoms with van der Waals surface area (Å²) in [6.45, 7) is 2.06. The van der Waals surface area contributed by atoms with Crippen LogP contribution in [0.5, 0.6) is 0 Å². The molecule has 0 unspecified atom stereocenters. The van der Waals surface area contributed by atoms with Crippen molar-refractivity contribution in [2.24, 2.45) is 7.05 Å². The van der Waals surface area contributed by atoms with E-state index in [0.717, 1.165) is 28.9 Å². The van der Waals surface area contributed by atoms with Gasteiger partial charge in [-0.2, -0.15) is 4.98 Å². The third-order valence-electron chi connectivity index (χ3n) is 5.38. The molecule has 0 amide bonds. The molecule has 3 heterocycles. The predicted molar refractivity (Wildman–Crippen MR) is 113 cm³/mol. The summed E-state index contributed by atoms with van der Waals surface area (Å²) in [6, 6.07) is 14.1. The van der Waals surface area contributed by atoms with E-state index < -0.39 is 11.2 Å². The standard InChI is InChI=1S/C22H18FN5O2/c1-3-13-6-4-5-7-16(13)28-17(14-8-10-15(23)11-9-14)12-27-18-19(24-21(27)28)26(2)22(30)25-20(18)29/h4-12H,3H2,1-2H3,(H,25,29,30). The zero-order valence-electron chi connectivity index (χ0n) is 16.4. The molecule has 0 fully saturated rings. The largest absolute Gasteiger partial charge is 0.329 e. The second-order valence-corrected chi connectivity index (χ2v) is 7.11. The third-order valence-corrected chi connectivity index (χ3v) is 5.38. The maximum atomic E-state index is 13.5. The van der Waals surface area contributed by atoms with E-state index in [0.29, 0.717) is 11.4 Å². The van der Waals surface area contributed by atoms with E-state index >= 15 is 0 Å². The summed E-state index contributed by atoms with van der Waals surface area (Å²) in [5, 5.41) is 0. The second kappa shape index (κ2) is 6.55. The van der Waals surface area contributed by atoms with Gasteiger partial charge in [-0.05, 0) is 42.3 Å². The Kier molecular flexibility index (Phi) is 3.95. The van der Waals surface area contributed by atoms with Gasteiger partial charge in [-0.25, -0.2) is 9.18 Å². The summed E-state index contributed by atoms with van der Waals surface area (Å²) in [7, 11) is 1.57. The van der Waals surface area contributed by atoms with Crippen LogP contribution in [0.25, 0.3) is 33.9 Å². The maximum absolute atomic E-state index is 13.5. The number of imidazole rings is 2. The molecular formula is C22H18FN5O2. The Labute approximate surface area is 169 Å². The molecule has 0 saturated carbocycles. The fourth-order valence-corrected chi connectivity index (χ4v) is 3.85. The molecule has 0 spiro atoms. The van der Waals surface area contributed by atoms with Gasteiger partial charge in [-0.15, -0.1) is 0 Å². The number of nitrogens with zero attached hydrogens (tertiary/aromatic N) is 4. The van der Waals surface area contributed by atoms with E-state index in [1.165, 1.54) is 16.7 Å². The highest BCUT2D eigenvalue weighted by molar-refractivity contribution is 5.79. The van der Waals surface area contributed by atoms with Crippen LogP contribution < -0.4 is 11.2 Å². The number of aromatic amines is 1. The molecule has 3 aromatic heterocycles. The van der Waals surface area contributed by atoms with Crippen LogP contribution in [0, 0.1) is 5.82 Å². The number of hydrogen-bond acceptors (Lipinski definition) is 3. The molecule has 5 aromatic rings. The monoisotopic (exact) mass is 403 g/mol. The summed E-state index contributed by atoms with van der Waals surface area (Å²) in [5.74, 6) is 0.171. The molecule has 0 bridgehead atoms. The second-order valence-electron chi connectivity index (χ2n) is 7.11. The fraction of sp³-hybridized carbons (Fsp3) is 0.136. The quantitative estimate of drug-likeness (QED) is 0.503. The van der Waals surface area contributed by atoms with Crippen molar-refractivity contribution in [2.75, 3.05) is 0 Å². The molecule has 0 saturated heterocycles. The molecule has 8 heteroatoms. The zero-order chi connectivity index (χ0) is 21.0. The van der Waals surface area contributed by atoms with Gasteiger partial charge in [0.1, 0.15) is 5.82 Å². The lowest BCUT2D eigenvalue weighted by Crippen LogP contribution is -2.28. The van der Waals surface area contributed by atoms with Crippen LogP contribution in [0.3, 0.4) is 0 Å². The number of aryl methyl sites for hydroxylation is 2. The molecule has 0 radical (unpaired) electrons. The number of hydrogen-bond donors (Lipinski definition) is 1.